The number of nitrogens with zero attached hydrogens (tertiary/aromatic N) is 3. The van der Waals surface area contributed by atoms with Gasteiger partial charge in [-0.1, -0.05) is 36.8 Å². The summed E-state index contributed by atoms with van der Waals surface area (Å²) in [7, 11) is -3.77. The first-order valence-corrected chi connectivity index (χ1v) is 11.3. The molecule has 1 aromatic heterocycles. The van der Waals surface area contributed by atoms with E-state index in [9.17, 15) is 13.2 Å². The fraction of sp³-hybridized carbons (Fsp3) is 0.471. The summed E-state index contributed by atoms with van der Waals surface area (Å²) in [5.74, 6) is 0.0635. The zero-order chi connectivity index (χ0) is 19.6. The maximum Gasteiger partial charge on any atom is 0.244 e. The topological polar surface area (TPSA) is 92.3 Å². The summed E-state index contributed by atoms with van der Waals surface area (Å²) in [6, 6.07) is 5.19. The molecule has 27 heavy (non-hydrogen) atoms. The lowest BCUT2D eigenvalue weighted by molar-refractivity contribution is -0.119. The lowest BCUT2D eigenvalue weighted by Gasteiger charge is -2.23. The first-order valence-electron chi connectivity index (χ1n) is 8.68. The van der Waals surface area contributed by atoms with Crippen molar-refractivity contribution < 1.29 is 13.2 Å². The smallest absolute Gasteiger partial charge is 0.244 e. The summed E-state index contributed by atoms with van der Waals surface area (Å²) in [6.07, 6.45) is 1.88. The molecule has 0 aliphatic carbocycles. The van der Waals surface area contributed by atoms with Crippen LogP contribution in [0.4, 0.5) is 5.13 Å². The Bertz CT molecular complexity index is 913. The van der Waals surface area contributed by atoms with Crippen LogP contribution in [0, 0.1) is 5.92 Å². The van der Waals surface area contributed by atoms with Gasteiger partial charge >= 0.3 is 0 Å². The Labute approximate surface area is 167 Å². The number of hydrogen-bond donors (Lipinski definition) is 1. The van der Waals surface area contributed by atoms with Crippen molar-refractivity contribution in [2.75, 3.05) is 11.9 Å². The molecule has 146 valence electrons. The van der Waals surface area contributed by atoms with Crippen molar-refractivity contribution in [3.63, 3.8) is 0 Å². The van der Waals surface area contributed by atoms with E-state index in [2.05, 4.69) is 29.4 Å². The summed E-state index contributed by atoms with van der Waals surface area (Å²) >= 11 is 7.16. The standard InChI is InChI=1S/C17H21ClN4O3S2/c1-11(2)10-15-20-21-17(26-15)19-16(23)14-4-3-9-22(14)27(24,25)13-7-5-12(18)6-8-13/h5-8,11,14H,3-4,9-10H2,1-2H3,(H,19,21,23). The lowest BCUT2D eigenvalue weighted by Crippen LogP contribution is -2.43. The molecule has 1 aromatic carbocycles. The van der Waals surface area contributed by atoms with E-state index in [0.717, 1.165) is 11.4 Å². The Morgan fingerprint density at radius 2 is 2.04 bits per heavy atom. The Kier molecular flexibility index (Phi) is 6.15. The third-order valence-corrected chi connectivity index (χ3v) is 7.24. The highest BCUT2D eigenvalue weighted by Crippen LogP contribution is 2.28. The molecule has 1 N–H and O–H groups in total. The number of benzene rings is 1. The average molecular weight is 429 g/mol. The molecule has 1 aliphatic rings. The number of halogens is 1. The van der Waals surface area contributed by atoms with Gasteiger partial charge in [0.15, 0.2) is 0 Å². The minimum Gasteiger partial charge on any atom is -0.299 e. The van der Waals surface area contributed by atoms with Crippen LogP contribution < -0.4 is 5.32 Å². The third-order valence-electron chi connectivity index (χ3n) is 4.21. The van der Waals surface area contributed by atoms with Crippen LogP contribution in [-0.2, 0) is 21.2 Å². The van der Waals surface area contributed by atoms with Crippen LogP contribution in [0.1, 0.15) is 31.7 Å². The van der Waals surface area contributed by atoms with Crippen molar-refractivity contribution in [1.82, 2.24) is 14.5 Å². The number of hydrogen-bond acceptors (Lipinski definition) is 6. The summed E-state index contributed by atoms with van der Waals surface area (Å²) in [4.78, 5) is 12.8. The fourth-order valence-corrected chi connectivity index (χ4v) is 5.69. The van der Waals surface area contributed by atoms with Gasteiger partial charge in [-0.05, 0) is 43.0 Å². The summed E-state index contributed by atoms with van der Waals surface area (Å²) < 4.78 is 27.1. The molecule has 1 unspecified atom stereocenters. The zero-order valence-corrected chi connectivity index (χ0v) is 17.4. The van der Waals surface area contributed by atoms with Crippen LogP contribution in [0.15, 0.2) is 29.2 Å². The number of sulfonamides is 1. The molecule has 1 saturated heterocycles. The molecule has 0 bridgehead atoms. The molecule has 0 saturated carbocycles. The van der Waals surface area contributed by atoms with Crippen LogP contribution in [-0.4, -0.2) is 41.4 Å². The molecular formula is C17H21ClN4O3S2. The van der Waals surface area contributed by atoms with Crippen LogP contribution in [0.25, 0.3) is 0 Å². The van der Waals surface area contributed by atoms with Gasteiger partial charge < -0.3 is 0 Å². The maximum atomic E-state index is 12.9. The van der Waals surface area contributed by atoms with Crippen LogP contribution in [0.3, 0.4) is 0 Å². The first-order chi connectivity index (χ1) is 12.8. The minimum absolute atomic E-state index is 0.127. The molecule has 7 nitrogen and oxygen atoms in total. The Balaban J connectivity index is 1.74. The van der Waals surface area contributed by atoms with Crippen LogP contribution in [0.5, 0.6) is 0 Å². The molecule has 0 radical (unpaired) electrons. The molecule has 1 fully saturated rings. The van der Waals surface area contributed by atoms with Gasteiger partial charge in [0.2, 0.25) is 21.1 Å². The second kappa shape index (κ2) is 8.22. The van der Waals surface area contributed by atoms with Gasteiger partial charge in [-0.2, -0.15) is 4.31 Å². The molecule has 3 rings (SSSR count). The number of nitrogens with one attached hydrogen (secondary N) is 1. The molecule has 2 heterocycles. The Morgan fingerprint density at radius 1 is 1.33 bits per heavy atom. The van der Waals surface area contributed by atoms with Gasteiger partial charge in [-0.25, -0.2) is 8.42 Å². The van der Waals surface area contributed by atoms with E-state index in [4.69, 9.17) is 11.6 Å². The quantitative estimate of drug-likeness (QED) is 0.762. The second-order valence-corrected chi connectivity index (χ2v) is 10.2. The molecule has 2 aromatic rings. The van der Waals surface area contributed by atoms with E-state index < -0.39 is 16.1 Å². The van der Waals surface area contributed by atoms with Gasteiger partial charge in [-0.3, -0.25) is 10.1 Å². The monoisotopic (exact) mass is 428 g/mol. The zero-order valence-electron chi connectivity index (χ0n) is 15.1. The molecule has 10 heteroatoms. The number of carbonyl (C=O) groups excluding carboxylic acids is 1. The summed E-state index contributed by atoms with van der Waals surface area (Å²) in [5, 5.41) is 12.5. The predicted molar refractivity (Wildman–Crippen MR) is 105 cm³/mol. The van der Waals surface area contributed by atoms with Crippen molar-refractivity contribution in [3.8, 4) is 0 Å². The van der Waals surface area contributed by atoms with Gasteiger partial charge in [0, 0.05) is 18.0 Å². The highest BCUT2D eigenvalue weighted by molar-refractivity contribution is 7.89. The SMILES string of the molecule is CC(C)Cc1nnc(NC(=O)C2CCCN2S(=O)(=O)c2ccc(Cl)cc2)s1. The van der Waals surface area contributed by atoms with Crippen molar-refractivity contribution >= 4 is 44.0 Å². The molecule has 1 aliphatic heterocycles. The largest absolute Gasteiger partial charge is 0.299 e. The van der Waals surface area contributed by atoms with E-state index in [1.54, 1.807) is 0 Å². The normalized spacial score (nSPS) is 18.1. The van der Waals surface area contributed by atoms with Gasteiger partial charge in [-0.15, -0.1) is 10.2 Å². The predicted octanol–water partition coefficient (Wildman–Crippen LogP) is 3.18. The fourth-order valence-electron chi connectivity index (χ4n) is 2.96. The molecule has 1 amide bonds. The number of carbonyl (C=O) groups is 1. The van der Waals surface area contributed by atoms with E-state index >= 15 is 0 Å². The third kappa shape index (κ3) is 4.66. The highest BCUT2D eigenvalue weighted by atomic mass is 35.5. The number of amides is 1. The van der Waals surface area contributed by atoms with Gasteiger partial charge in [0.1, 0.15) is 11.0 Å². The summed E-state index contributed by atoms with van der Waals surface area (Å²) in [5.41, 5.74) is 0. The molecular weight excluding hydrogens is 408 g/mol. The molecule has 0 spiro atoms. The number of anilines is 1. The lowest BCUT2D eigenvalue weighted by atomic mass is 10.1. The first kappa shape index (κ1) is 20.2. The van der Waals surface area contributed by atoms with E-state index in [0.29, 0.717) is 35.5 Å². The minimum atomic E-state index is -3.77. The van der Waals surface area contributed by atoms with Gasteiger partial charge in [0.05, 0.1) is 4.90 Å². The van der Waals surface area contributed by atoms with Crippen LogP contribution >= 0.6 is 22.9 Å². The van der Waals surface area contributed by atoms with E-state index in [1.165, 1.54) is 39.9 Å². The van der Waals surface area contributed by atoms with Crippen molar-refractivity contribution in [2.45, 2.75) is 44.0 Å². The molecule has 1 atom stereocenters. The van der Waals surface area contributed by atoms with Crippen molar-refractivity contribution in [1.29, 1.82) is 0 Å². The van der Waals surface area contributed by atoms with Crippen molar-refractivity contribution in [2.24, 2.45) is 5.92 Å². The second-order valence-electron chi connectivity index (χ2n) is 6.82. The Morgan fingerprint density at radius 3 is 2.70 bits per heavy atom. The van der Waals surface area contributed by atoms with E-state index in [-0.39, 0.29) is 10.8 Å². The highest BCUT2D eigenvalue weighted by Gasteiger charge is 2.39. The average Bonchev–Trinajstić information content (AvgIpc) is 3.24. The maximum absolute atomic E-state index is 12.9. The van der Waals surface area contributed by atoms with E-state index in [1.807, 2.05) is 0 Å². The number of aromatic nitrogens is 2. The Hall–Kier alpha value is -1.55. The van der Waals surface area contributed by atoms with Crippen LogP contribution in [0.2, 0.25) is 5.02 Å². The number of rotatable bonds is 6. The summed E-state index contributed by atoms with van der Waals surface area (Å²) in [6.45, 7) is 4.47. The van der Waals surface area contributed by atoms with Crippen molar-refractivity contribution in [3.05, 3.63) is 34.3 Å². The van der Waals surface area contributed by atoms with Gasteiger partial charge in [0.25, 0.3) is 0 Å².